The molecule has 3 nitrogen and oxygen atoms in total. The van der Waals surface area contributed by atoms with Gasteiger partial charge in [0.15, 0.2) is 0 Å². The van der Waals surface area contributed by atoms with Crippen molar-refractivity contribution in [3.05, 3.63) is 35.4 Å². The smallest absolute Gasteiger partial charge is 0.219 e. The van der Waals surface area contributed by atoms with E-state index in [1.807, 2.05) is 14.0 Å². The van der Waals surface area contributed by atoms with E-state index in [0.29, 0.717) is 6.42 Å². The Labute approximate surface area is 97.0 Å². The van der Waals surface area contributed by atoms with Gasteiger partial charge in [-0.1, -0.05) is 31.2 Å². The zero-order valence-electron chi connectivity index (χ0n) is 10.2. The highest BCUT2D eigenvalue weighted by Gasteiger charge is 2.26. The van der Waals surface area contributed by atoms with E-state index < -0.39 is 0 Å². The first-order valence-corrected chi connectivity index (χ1v) is 5.58. The average Bonchev–Trinajstić information content (AvgIpc) is 2.28. The number of amides is 1. The van der Waals surface area contributed by atoms with Crippen molar-refractivity contribution in [3.8, 4) is 0 Å². The Bertz CT molecular complexity index is 359. The summed E-state index contributed by atoms with van der Waals surface area (Å²) in [5.74, 6) is -0.295. The number of benzene rings is 1. The van der Waals surface area contributed by atoms with Gasteiger partial charge in [0.25, 0.3) is 0 Å². The third kappa shape index (κ3) is 2.83. The van der Waals surface area contributed by atoms with Crippen LogP contribution in [-0.2, 0) is 16.8 Å². The average molecular weight is 220 g/mol. The Hall–Kier alpha value is -1.35. The molecule has 0 aliphatic carbocycles. The van der Waals surface area contributed by atoms with Gasteiger partial charge in [-0.05, 0) is 31.5 Å². The van der Waals surface area contributed by atoms with E-state index in [4.69, 9.17) is 5.73 Å². The molecule has 0 spiro atoms. The number of hydrogen-bond acceptors (Lipinski definition) is 2. The van der Waals surface area contributed by atoms with Crippen LogP contribution < -0.4 is 11.1 Å². The molecule has 3 N–H and O–H groups in total. The van der Waals surface area contributed by atoms with Gasteiger partial charge in [0, 0.05) is 12.0 Å². The topological polar surface area (TPSA) is 55.1 Å². The second kappa shape index (κ2) is 5.12. The summed E-state index contributed by atoms with van der Waals surface area (Å²) in [5.41, 5.74) is 7.27. The second-order valence-corrected chi connectivity index (χ2v) is 4.28. The Kier molecular flexibility index (Phi) is 4.07. The molecule has 88 valence electrons. The quantitative estimate of drug-likeness (QED) is 0.791. The maximum atomic E-state index is 11.1. The highest BCUT2D eigenvalue weighted by molar-refractivity contribution is 5.75. The number of rotatable bonds is 5. The van der Waals surface area contributed by atoms with Crippen molar-refractivity contribution in [1.82, 2.24) is 5.32 Å². The molecule has 16 heavy (non-hydrogen) atoms. The van der Waals surface area contributed by atoms with Crippen molar-refractivity contribution in [2.75, 3.05) is 7.05 Å². The maximum Gasteiger partial charge on any atom is 0.219 e. The van der Waals surface area contributed by atoms with Gasteiger partial charge >= 0.3 is 0 Å². The van der Waals surface area contributed by atoms with Crippen molar-refractivity contribution in [2.45, 2.75) is 32.2 Å². The van der Waals surface area contributed by atoms with Crippen molar-refractivity contribution in [2.24, 2.45) is 5.73 Å². The zero-order chi connectivity index (χ0) is 12.2. The highest BCUT2D eigenvalue weighted by Crippen LogP contribution is 2.24. The largest absolute Gasteiger partial charge is 0.370 e. The molecule has 0 bridgehead atoms. The summed E-state index contributed by atoms with van der Waals surface area (Å²) < 4.78 is 0. The van der Waals surface area contributed by atoms with Gasteiger partial charge in [-0.2, -0.15) is 0 Å². The first-order valence-electron chi connectivity index (χ1n) is 5.58. The van der Waals surface area contributed by atoms with Crippen LogP contribution in [-0.4, -0.2) is 13.0 Å². The Morgan fingerprint density at radius 3 is 2.31 bits per heavy atom. The van der Waals surface area contributed by atoms with Crippen LogP contribution in [0.5, 0.6) is 0 Å². The minimum Gasteiger partial charge on any atom is -0.370 e. The van der Waals surface area contributed by atoms with Crippen LogP contribution in [0.1, 0.15) is 31.4 Å². The zero-order valence-corrected chi connectivity index (χ0v) is 10.2. The van der Waals surface area contributed by atoms with Crippen molar-refractivity contribution < 1.29 is 4.79 Å². The van der Waals surface area contributed by atoms with Crippen LogP contribution in [0.3, 0.4) is 0 Å². The summed E-state index contributed by atoms with van der Waals surface area (Å²) in [5, 5.41) is 3.16. The SMILES string of the molecule is CCc1ccc(C(C)(CC(N)=O)NC)cc1. The van der Waals surface area contributed by atoms with Crippen molar-refractivity contribution in [3.63, 3.8) is 0 Å². The van der Waals surface area contributed by atoms with Gasteiger partial charge in [-0.3, -0.25) is 4.79 Å². The molecule has 1 aromatic rings. The molecule has 0 aromatic heterocycles. The van der Waals surface area contributed by atoms with E-state index in [1.165, 1.54) is 5.56 Å². The molecule has 1 atom stereocenters. The van der Waals surface area contributed by atoms with E-state index in [-0.39, 0.29) is 11.4 Å². The molecule has 0 saturated heterocycles. The summed E-state index contributed by atoms with van der Waals surface area (Å²) in [7, 11) is 1.84. The number of primary amides is 1. The molecular weight excluding hydrogens is 200 g/mol. The van der Waals surface area contributed by atoms with Crippen LogP contribution in [0.15, 0.2) is 24.3 Å². The van der Waals surface area contributed by atoms with E-state index in [0.717, 1.165) is 12.0 Å². The van der Waals surface area contributed by atoms with Crippen molar-refractivity contribution >= 4 is 5.91 Å². The number of hydrogen-bond donors (Lipinski definition) is 2. The number of nitrogens with one attached hydrogen (secondary N) is 1. The molecule has 0 aliphatic rings. The monoisotopic (exact) mass is 220 g/mol. The van der Waals surface area contributed by atoms with Crippen LogP contribution in [0.4, 0.5) is 0 Å². The number of nitrogens with two attached hydrogens (primary N) is 1. The van der Waals surface area contributed by atoms with Gasteiger partial charge < -0.3 is 11.1 Å². The minimum atomic E-state index is -0.377. The lowest BCUT2D eigenvalue weighted by atomic mass is 9.88. The van der Waals surface area contributed by atoms with Crippen LogP contribution in [0, 0.1) is 0 Å². The predicted octanol–water partition coefficient (Wildman–Crippen LogP) is 1.56. The van der Waals surface area contributed by atoms with E-state index in [1.54, 1.807) is 0 Å². The number of carbonyl (C=O) groups excluding carboxylic acids is 1. The fourth-order valence-electron chi connectivity index (χ4n) is 1.79. The number of carbonyl (C=O) groups is 1. The van der Waals surface area contributed by atoms with Crippen LogP contribution in [0.2, 0.25) is 0 Å². The summed E-state index contributed by atoms with van der Waals surface area (Å²) in [6.07, 6.45) is 1.32. The lowest BCUT2D eigenvalue weighted by Crippen LogP contribution is -2.40. The summed E-state index contributed by atoms with van der Waals surface area (Å²) >= 11 is 0. The van der Waals surface area contributed by atoms with Crippen LogP contribution in [0.25, 0.3) is 0 Å². The molecule has 1 aromatic carbocycles. The fourth-order valence-corrected chi connectivity index (χ4v) is 1.79. The molecule has 1 amide bonds. The Morgan fingerprint density at radius 1 is 1.38 bits per heavy atom. The predicted molar refractivity (Wildman–Crippen MR) is 66.0 cm³/mol. The van der Waals surface area contributed by atoms with Gasteiger partial charge in [0.2, 0.25) is 5.91 Å². The highest BCUT2D eigenvalue weighted by atomic mass is 16.1. The minimum absolute atomic E-state index is 0.295. The molecule has 0 aliphatic heterocycles. The summed E-state index contributed by atoms with van der Waals surface area (Å²) in [4.78, 5) is 11.1. The molecule has 0 heterocycles. The van der Waals surface area contributed by atoms with Gasteiger partial charge in [-0.15, -0.1) is 0 Å². The molecule has 0 saturated carbocycles. The summed E-state index contributed by atoms with van der Waals surface area (Å²) in [6.45, 7) is 4.11. The Morgan fingerprint density at radius 2 is 1.94 bits per heavy atom. The lowest BCUT2D eigenvalue weighted by Gasteiger charge is -2.28. The first-order chi connectivity index (χ1) is 7.51. The first kappa shape index (κ1) is 12.7. The second-order valence-electron chi connectivity index (χ2n) is 4.28. The molecule has 1 rings (SSSR count). The van der Waals surface area contributed by atoms with E-state index >= 15 is 0 Å². The molecule has 0 fully saturated rings. The standard InChI is InChI=1S/C13H20N2O/c1-4-10-5-7-11(8-6-10)13(2,15-3)9-12(14)16/h5-8,15H,4,9H2,1-3H3,(H2,14,16). The van der Waals surface area contributed by atoms with Gasteiger partial charge in [0.1, 0.15) is 0 Å². The van der Waals surface area contributed by atoms with Crippen LogP contribution >= 0.6 is 0 Å². The molecule has 1 unspecified atom stereocenters. The number of aryl methyl sites for hydroxylation is 1. The molecule has 0 radical (unpaired) electrons. The van der Waals surface area contributed by atoms with Gasteiger partial charge in [-0.25, -0.2) is 0 Å². The van der Waals surface area contributed by atoms with E-state index in [9.17, 15) is 4.79 Å². The fraction of sp³-hybridized carbons (Fsp3) is 0.462. The Balaban J connectivity index is 2.98. The lowest BCUT2D eigenvalue weighted by molar-refractivity contribution is -0.119. The summed E-state index contributed by atoms with van der Waals surface area (Å²) in [6, 6.07) is 8.29. The molecule has 3 heteroatoms. The maximum absolute atomic E-state index is 11.1. The third-order valence-corrected chi connectivity index (χ3v) is 3.08. The molecular formula is C13H20N2O. The van der Waals surface area contributed by atoms with Gasteiger partial charge in [0.05, 0.1) is 0 Å². The van der Waals surface area contributed by atoms with Crippen molar-refractivity contribution in [1.29, 1.82) is 0 Å². The normalized spacial score (nSPS) is 14.4. The van der Waals surface area contributed by atoms with E-state index in [2.05, 4.69) is 36.5 Å². The third-order valence-electron chi connectivity index (χ3n) is 3.08.